The summed E-state index contributed by atoms with van der Waals surface area (Å²) < 4.78 is 0. The molecule has 1 aromatic heterocycles. The average Bonchev–Trinajstić information content (AvgIpc) is 3.18. The molecule has 4 rings (SSSR count). The van der Waals surface area contributed by atoms with Crippen LogP contribution in [-0.4, -0.2) is 41.1 Å². The second-order valence-electron chi connectivity index (χ2n) is 7.36. The maximum Gasteiger partial charge on any atom is 0.248 e. The first-order valence-corrected chi connectivity index (χ1v) is 9.99. The van der Waals surface area contributed by atoms with E-state index < -0.39 is 5.91 Å². The molecular formula is C22H25N5O2. The lowest BCUT2D eigenvalue weighted by Gasteiger charge is -2.35. The van der Waals surface area contributed by atoms with Crippen LogP contribution in [0.5, 0.6) is 0 Å². The van der Waals surface area contributed by atoms with E-state index in [9.17, 15) is 9.59 Å². The average molecular weight is 391 g/mol. The summed E-state index contributed by atoms with van der Waals surface area (Å²) in [5.41, 5.74) is 9.18. The third kappa shape index (κ3) is 3.73. The van der Waals surface area contributed by atoms with E-state index in [1.54, 1.807) is 18.2 Å². The van der Waals surface area contributed by atoms with Crippen LogP contribution < -0.4 is 16.0 Å². The van der Waals surface area contributed by atoms with Gasteiger partial charge in [0.05, 0.1) is 11.2 Å². The van der Waals surface area contributed by atoms with E-state index in [-0.39, 0.29) is 11.9 Å². The molecular weight excluding hydrogens is 366 g/mol. The van der Waals surface area contributed by atoms with Gasteiger partial charge in [0.15, 0.2) is 0 Å². The number of hydrogen-bond donors (Lipinski definition) is 3. The summed E-state index contributed by atoms with van der Waals surface area (Å²) in [6.07, 6.45) is 2.49. The molecule has 1 aliphatic heterocycles. The monoisotopic (exact) mass is 391 g/mol. The van der Waals surface area contributed by atoms with Gasteiger partial charge in [-0.2, -0.15) is 5.10 Å². The molecule has 3 aromatic rings. The zero-order chi connectivity index (χ0) is 20.4. The van der Waals surface area contributed by atoms with Crippen LogP contribution in [0, 0.1) is 0 Å². The SMILES string of the molecule is CCC(=O)N(c1cccc(-c2n[nH]c3ccc(C(N)=O)cc23)c1)C1CCCNC1. The largest absolute Gasteiger partial charge is 0.366 e. The minimum Gasteiger partial charge on any atom is -0.366 e. The Labute approximate surface area is 169 Å². The molecule has 0 spiro atoms. The van der Waals surface area contributed by atoms with E-state index in [0.29, 0.717) is 12.0 Å². The van der Waals surface area contributed by atoms with Crippen molar-refractivity contribution >= 4 is 28.4 Å². The molecule has 4 N–H and O–H groups in total. The van der Waals surface area contributed by atoms with Crippen molar-refractivity contribution in [3.8, 4) is 11.3 Å². The summed E-state index contributed by atoms with van der Waals surface area (Å²) in [4.78, 5) is 26.3. The van der Waals surface area contributed by atoms with E-state index >= 15 is 0 Å². The van der Waals surface area contributed by atoms with Crippen LogP contribution in [0.2, 0.25) is 0 Å². The minimum absolute atomic E-state index is 0.110. The van der Waals surface area contributed by atoms with E-state index in [4.69, 9.17) is 5.73 Å². The van der Waals surface area contributed by atoms with Gasteiger partial charge in [0, 0.05) is 41.2 Å². The normalized spacial score (nSPS) is 16.7. The third-order valence-electron chi connectivity index (χ3n) is 5.45. The molecule has 7 heteroatoms. The van der Waals surface area contributed by atoms with Gasteiger partial charge in [-0.3, -0.25) is 14.7 Å². The lowest BCUT2D eigenvalue weighted by Crippen LogP contribution is -2.48. The number of nitrogens with zero attached hydrogens (tertiary/aromatic N) is 2. The highest BCUT2D eigenvalue weighted by atomic mass is 16.2. The maximum absolute atomic E-state index is 12.8. The number of amides is 2. The Bertz CT molecular complexity index is 1050. The molecule has 1 aliphatic rings. The number of H-pyrrole nitrogens is 1. The van der Waals surface area contributed by atoms with Crippen LogP contribution in [0.1, 0.15) is 36.5 Å². The molecule has 2 heterocycles. The molecule has 1 atom stereocenters. The smallest absolute Gasteiger partial charge is 0.248 e. The van der Waals surface area contributed by atoms with E-state index in [1.165, 1.54) is 0 Å². The van der Waals surface area contributed by atoms with Gasteiger partial charge in [0.2, 0.25) is 11.8 Å². The predicted molar refractivity (Wildman–Crippen MR) is 114 cm³/mol. The highest BCUT2D eigenvalue weighted by Crippen LogP contribution is 2.31. The highest BCUT2D eigenvalue weighted by Gasteiger charge is 2.26. The Morgan fingerprint density at radius 2 is 2.10 bits per heavy atom. The number of hydrogen-bond acceptors (Lipinski definition) is 4. The Morgan fingerprint density at radius 1 is 1.24 bits per heavy atom. The van der Waals surface area contributed by atoms with Crippen molar-refractivity contribution in [2.45, 2.75) is 32.2 Å². The first-order valence-electron chi connectivity index (χ1n) is 9.99. The molecule has 0 bridgehead atoms. The summed E-state index contributed by atoms with van der Waals surface area (Å²) in [6.45, 7) is 3.68. The van der Waals surface area contributed by atoms with E-state index in [0.717, 1.165) is 53.8 Å². The van der Waals surface area contributed by atoms with Crippen LogP contribution in [0.3, 0.4) is 0 Å². The van der Waals surface area contributed by atoms with Crippen molar-refractivity contribution in [2.24, 2.45) is 5.73 Å². The standard InChI is InChI=1S/C22H25N5O2/c1-2-20(28)27(17-7-4-10-24-13-17)16-6-3-5-14(11-16)21-18-12-15(22(23)29)8-9-19(18)25-26-21/h3,5-6,8-9,11-12,17,24H,2,4,7,10,13H2,1H3,(H2,23,29)(H,25,26). The second-order valence-corrected chi connectivity index (χ2v) is 7.36. The molecule has 0 radical (unpaired) electrons. The number of aromatic amines is 1. The van der Waals surface area contributed by atoms with Crippen LogP contribution in [0.25, 0.3) is 22.2 Å². The maximum atomic E-state index is 12.8. The lowest BCUT2D eigenvalue weighted by atomic mass is 10.0. The van der Waals surface area contributed by atoms with Crippen LogP contribution in [0.4, 0.5) is 5.69 Å². The number of benzene rings is 2. The topological polar surface area (TPSA) is 104 Å². The molecule has 2 aromatic carbocycles. The van der Waals surface area contributed by atoms with Crippen molar-refractivity contribution in [3.05, 3.63) is 48.0 Å². The number of aromatic nitrogens is 2. The highest BCUT2D eigenvalue weighted by molar-refractivity contribution is 6.01. The number of carbonyl (C=O) groups excluding carboxylic acids is 2. The van der Waals surface area contributed by atoms with E-state index in [1.807, 2.05) is 36.1 Å². The number of piperidine rings is 1. The van der Waals surface area contributed by atoms with Crippen molar-refractivity contribution in [1.82, 2.24) is 15.5 Å². The Kier molecular flexibility index (Phi) is 5.31. The number of nitrogens with two attached hydrogens (primary N) is 1. The number of primary amides is 1. The predicted octanol–water partition coefficient (Wildman–Crippen LogP) is 2.82. The number of nitrogens with one attached hydrogen (secondary N) is 2. The fourth-order valence-electron chi connectivity index (χ4n) is 3.97. The molecule has 0 aliphatic carbocycles. The first-order chi connectivity index (χ1) is 14.1. The van der Waals surface area contributed by atoms with Gasteiger partial charge in [-0.1, -0.05) is 19.1 Å². The molecule has 1 saturated heterocycles. The minimum atomic E-state index is -0.475. The van der Waals surface area contributed by atoms with Crippen molar-refractivity contribution in [1.29, 1.82) is 0 Å². The second kappa shape index (κ2) is 8.05. The molecule has 0 saturated carbocycles. The van der Waals surface area contributed by atoms with Gasteiger partial charge in [-0.25, -0.2) is 0 Å². The molecule has 2 amide bonds. The molecule has 29 heavy (non-hydrogen) atoms. The van der Waals surface area contributed by atoms with Gasteiger partial charge in [-0.05, 0) is 49.7 Å². The summed E-state index contributed by atoms with van der Waals surface area (Å²) in [5, 5.41) is 11.7. The quantitative estimate of drug-likeness (QED) is 0.622. The van der Waals surface area contributed by atoms with Gasteiger partial charge >= 0.3 is 0 Å². The molecule has 150 valence electrons. The lowest BCUT2D eigenvalue weighted by molar-refractivity contribution is -0.118. The van der Waals surface area contributed by atoms with Crippen LogP contribution in [-0.2, 0) is 4.79 Å². The zero-order valence-electron chi connectivity index (χ0n) is 16.4. The summed E-state index contributed by atoms with van der Waals surface area (Å²) in [6, 6.07) is 13.2. The van der Waals surface area contributed by atoms with Gasteiger partial charge in [0.1, 0.15) is 0 Å². The summed E-state index contributed by atoms with van der Waals surface area (Å²) in [7, 11) is 0. The molecule has 1 fully saturated rings. The number of carbonyl (C=O) groups is 2. The third-order valence-corrected chi connectivity index (χ3v) is 5.45. The van der Waals surface area contributed by atoms with E-state index in [2.05, 4.69) is 15.5 Å². The Balaban J connectivity index is 1.76. The van der Waals surface area contributed by atoms with Crippen molar-refractivity contribution < 1.29 is 9.59 Å². The summed E-state index contributed by atoms with van der Waals surface area (Å²) >= 11 is 0. The van der Waals surface area contributed by atoms with Gasteiger partial charge < -0.3 is 16.0 Å². The van der Waals surface area contributed by atoms with Gasteiger partial charge in [0.25, 0.3) is 0 Å². The molecule has 1 unspecified atom stereocenters. The Morgan fingerprint density at radius 3 is 2.83 bits per heavy atom. The number of rotatable bonds is 5. The molecule has 7 nitrogen and oxygen atoms in total. The Hall–Kier alpha value is -3.19. The first kappa shape index (κ1) is 19.1. The number of anilines is 1. The summed E-state index contributed by atoms with van der Waals surface area (Å²) in [5.74, 6) is -0.365. The fourth-order valence-corrected chi connectivity index (χ4v) is 3.97. The fraction of sp³-hybridized carbons (Fsp3) is 0.318. The van der Waals surface area contributed by atoms with Crippen molar-refractivity contribution in [2.75, 3.05) is 18.0 Å². The van der Waals surface area contributed by atoms with Crippen molar-refractivity contribution in [3.63, 3.8) is 0 Å². The van der Waals surface area contributed by atoms with Crippen LogP contribution >= 0.6 is 0 Å². The number of fused-ring (bicyclic) bond motifs is 1. The zero-order valence-corrected chi connectivity index (χ0v) is 16.4. The van der Waals surface area contributed by atoms with Gasteiger partial charge in [-0.15, -0.1) is 0 Å². The van der Waals surface area contributed by atoms with Crippen LogP contribution in [0.15, 0.2) is 42.5 Å².